The first-order valence-electron chi connectivity index (χ1n) is 7.80. The third-order valence-electron chi connectivity index (χ3n) is 4.29. The van der Waals surface area contributed by atoms with Crippen LogP contribution in [0.15, 0.2) is 29.6 Å². The molecule has 0 aliphatic heterocycles. The number of amides is 1. The third-order valence-corrected chi connectivity index (χ3v) is 5.30. The molecule has 2 N–H and O–H groups in total. The van der Waals surface area contributed by atoms with Gasteiger partial charge in [-0.3, -0.25) is 9.59 Å². The number of nitrogens with zero attached hydrogens (tertiary/aromatic N) is 1. The fourth-order valence-electron chi connectivity index (χ4n) is 3.02. The van der Waals surface area contributed by atoms with Crippen LogP contribution in [0.5, 0.6) is 0 Å². The summed E-state index contributed by atoms with van der Waals surface area (Å²) in [7, 11) is 0. The van der Waals surface area contributed by atoms with Crippen molar-refractivity contribution in [3.05, 3.63) is 34.7 Å². The van der Waals surface area contributed by atoms with E-state index in [0.717, 1.165) is 24.1 Å². The molecule has 1 heterocycles. The molecule has 0 radical (unpaired) electrons. The van der Waals surface area contributed by atoms with Crippen LogP contribution in [0.3, 0.4) is 0 Å². The monoisotopic (exact) mass is 364 g/mol. The van der Waals surface area contributed by atoms with Gasteiger partial charge in [0.1, 0.15) is 0 Å². The molecule has 5 nitrogen and oxygen atoms in total. The number of aromatic nitrogens is 1. The number of hydrogen-bond acceptors (Lipinski definition) is 4. The number of carbonyl (C=O) groups is 2. The van der Waals surface area contributed by atoms with Crippen LogP contribution in [-0.4, -0.2) is 22.0 Å². The van der Waals surface area contributed by atoms with E-state index >= 15 is 0 Å². The molecule has 0 spiro atoms. The standard InChI is InChI=1S/C17H17ClN2O3S/c18-11-7-5-10(6-8-11)14-9-24-17(19-14)20-15(21)12-3-1-2-4-13(12)16(22)23/h5-9,12-13H,1-4H2,(H,22,23)(H,19,20,21)/t12-,13+/m0/s1. The number of rotatable bonds is 4. The molecule has 1 aliphatic rings. The predicted molar refractivity (Wildman–Crippen MR) is 94.3 cm³/mol. The summed E-state index contributed by atoms with van der Waals surface area (Å²) in [6, 6.07) is 7.30. The Hall–Kier alpha value is -1.92. The van der Waals surface area contributed by atoms with Crippen LogP contribution in [0.25, 0.3) is 11.3 Å². The number of halogens is 1. The molecule has 0 unspecified atom stereocenters. The van der Waals surface area contributed by atoms with E-state index in [1.165, 1.54) is 11.3 Å². The molecule has 2 atom stereocenters. The highest BCUT2D eigenvalue weighted by atomic mass is 35.5. The summed E-state index contributed by atoms with van der Waals surface area (Å²) in [5, 5.41) is 15.1. The van der Waals surface area contributed by atoms with Crippen molar-refractivity contribution in [3.8, 4) is 11.3 Å². The molecule has 126 valence electrons. The summed E-state index contributed by atoms with van der Waals surface area (Å²) in [5.74, 6) is -2.23. The van der Waals surface area contributed by atoms with Crippen molar-refractivity contribution in [2.24, 2.45) is 11.8 Å². The molecule has 24 heavy (non-hydrogen) atoms. The molecule has 7 heteroatoms. The molecule has 0 bridgehead atoms. The zero-order valence-corrected chi connectivity index (χ0v) is 14.4. The summed E-state index contributed by atoms with van der Waals surface area (Å²) in [4.78, 5) is 28.2. The maximum Gasteiger partial charge on any atom is 0.307 e. The molecule has 1 saturated carbocycles. The zero-order valence-electron chi connectivity index (χ0n) is 12.9. The van der Waals surface area contributed by atoms with Crippen molar-refractivity contribution in [2.45, 2.75) is 25.7 Å². The molecule has 3 rings (SSSR count). The number of carboxylic acids is 1. The smallest absolute Gasteiger partial charge is 0.307 e. The Morgan fingerprint density at radius 1 is 1.17 bits per heavy atom. The lowest BCUT2D eigenvalue weighted by Gasteiger charge is -2.26. The number of aliphatic carboxylic acids is 1. The van der Waals surface area contributed by atoms with Gasteiger partial charge < -0.3 is 10.4 Å². The first-order chi connectivity index (χ1) is 11.5. The molecule has 1 aromatic carbocycles. The number of hydrogen-bond donors (Lipinski definition) is 2. The third kappa shape index (κ3) is 3.76. The van der Waals surface area contributed by atoms with Crippen LogP contribution in [0, 0.1) is 11.8 Å². The van der Waals surface area contributed by atoms with Gasteiger partial charge in [0.2, 0.25) is 5.91 Å². The van der Waals surface area contributed by atoms with Crippen molar-refractivity contribution in [1.29, 1.82) is 0 Å². The summed E-state index contributed by atoms with van der Waals surface area (Å²) in [6.07, 6.45) is 2.91. The van der Waals surface area contributed by atoms with Crippen LogP contribution in [0.2, 0.25) is 5.02 Å². The highest BCUT2D eigenvalue weighted by Crippen LogP contribution is 2.32. The van der Waals surface area contributed by atoms with Gasteiger partial charge in [-0.25, -0.2) is 4.98 Å². The Morgan fingerprint density at radius 2 is 1.83 bits per heavy atom. The number of thiazole rings is 1. The van der Waals surface area contributed by atoms with E-state index in [-0.39, 0.29) is 5.91 Å². The number of anilines is 1. The molecule has 1 fully saturated rings. The van der Waals surface area contributed by atoms with E-state index in [1.807, 2.05) is 17.5 Å². The van der Waals surface area contributed by atoms with E-state index in [0.29, 0.717) is 23.0 Å². The van der Waals surface area contributed by atoms with Crippen LogP contribution < -0.4 is 5.32 Å². The number of benzene rings is 1. The van der Waals surface area contributed by atoms with Crippen LogP contribution in [0.4, 0.5) is 5.13 Å². The average Bonchev–Trinajstić information content (AvgIpc) is 3.04. The van der Waals surface area contributed by atoms with Gasteiger partial charge in [0.25, 0.3) is 0 Å². The Kier molecular flexibility index (Phi) is 5.16. The highest BCUT2D eigenvalue weighted by Gasteiger charge is 2.35. The van der Waals surface area contributed by atoms with Crippen LogP contribution in [0.1, 0.15) is 25.7 Å². The van der Waals surface area contributed by atoms with Crippen LogP contribution >= 0.6 is 22.9 Å². The van der Waals surface area contributed by atoms with Crippen LogP contribution in [-0.2, 0) is 9.59 Å². The molecule has 1 aliphatic carbocycles. The van der Waals surface area contributed by atoms with E-state index in [2.05, 4.69) is 10.3 Å². The first kappa shape index (κ1) is 16.9. The number of carboxylic acid groups (broad SMARTS) is 1. The molecule has 1 aromatic heterocycles. The lowest BCUT2D eigenvalue weighted by atomic mass is 9.79. The van der Waals surface area contributed by atoms with Crippen molar-refractivity contribution >= 4 is 39.9 Å². The largest absolute Gasteiger partial charge is 0.481 e. The van der Waals surface area contributed by atoms with Gasteiger partial charge in [0.05, 0.1) is 17.5 Å². The Bertz CT molecular complexity index is 745. The Morgan fingerprint density at radius 3 is 2.50 bits per heavy atom. The topological polar surface area (TPSA) is 79.3 Å². The SMILES string of the molecule is O=C(Nc1nc(-c2ccc(Cl)cc2)cs1)[C@H]1CCCC[C@H]1C(=O)O. The lowest BCUT2D eigenvalue weighted by Crippen LogP contribution is -2.36. The number of nitrogens with one attached hydrogen (secondary N) is 1. The Balaban J connectivity index is 1.70. The summed E-state index contributed by atoms with van der Waals surface area (Å²) < 4.78 is 0. The van der Waals surface area contributed by atoms with Gasteiger partial charge in [-0.15, -0.1) is 11.3 Å². The van der Waals surface area contributed by atoms with Gasteiger partial charge in [-0.2, -0.15) is 0 Å². The molecule has 0 saturated heterocycles. The van der Waals surface area contributed by atoms with E-state index < -0.39 is 17.8 Å². The quantitative estimate of drug-likeness (QED) is 0.848. The van der Waals surface area contributed by atoms with Gasteiger partial charge in [0.15, 0.2) is 5.13 Å². The highest BCUT2D eigenvalue weighted by molar-refractivity contribution is 7.14. The predicted octanol–water partition coefficient (Wildman–Crippen LogP) is 4.29. The summed E-state index contributed by atoms with van der Waals surface area (Å²) in [6.45, 7) is 0. The fraction of sp³-hybridized carbons (Fsp3) is 0.353. The van der Waals surface area contributed by atoms with E-state index in [9.17, 15) is 14.7 Å². The van der Waals surface area contributed by atoms with Gasteiger partial charge in [-0.05, 0) is 25.0 Å². The maximum atomic E-state index is 12.4. The van der Waals surface area contributed by atoms with E-state index in [4.69, 9.17) is 11.6 Å². The second-order valence-electron chi connectivity index (χ2n) is 5.87. The van der Waals surface area contributed by atoms with Gasteiger partial charge in [-0.1, -0.05) is 36.6 Å². The molecule has 2 aromatic rings. The molecular formula is C17H17ClN2O3S. The summed E-state index contributed by atoms with van der Waals surface area (Å²) >= 11 is 7.20. The molecular weight excluding hydrogens is 348 g/mol. The fourth-order valence-corrected chi connectivity index (χ4v) is 3.87. The van der Waals surface area contributed by atoms with Gasteiger partial charge >= 0.3 is 5.97 Å². The average molecular weight is 365 g/mol. The van der Waals surface area contributed by atoms with Gasteiger partial charge in [0, 0.05) is 16.0 Å². The van der Waals surface area contributed by atoms with Crippen molar-refractivity contribution in [2.75, 3.05) is 5.32 Å². The Labute approximate surface area is 148 Å². The second-order valence-corrected chi connectivity index (χ2v) is 7.16. The van der Waals surface area contributed by atoms with Crippen molar-refractivity contribution in [3.63, 3.8) is 0 Å². The van der Waals surface area contributed by atoms with Crippen molar-refractivity contribution in [1.82, 2.24) is 4.98 Å². The zero-order chi connectivity index (χ0) is 17.1. The minimum Gasteiger partial charge on any atom is -0.481 e. The summed E-state index contributed by atoms with van der Waals surface area (Å²) in [5.41, 5.74) is 1.67. The molecule has 1 amide bonds. The second kappa shape index (κ2) is 7.32. The minimum absolute atomic E-state index is 0.251. The lowest BCUT2D eigenvalue weighted by molar-refractivity contribution is -0.147. The first-order valence-corrected chi connectivity index (χ1v) is 9.05. The minimum atomic E-state index is -0.893. The number of carbonyl (C=O) groups excluding carboxylic acids is 1. The maximum absolute atomic E-state index is 12.4. The van der Waals surface area contributed by atoms with Crippen molar-refractivity contribution < 1.29 is 14.7 Å². The van der Waals surface area contributed by atoms with E-state index in [1.54, 1.807) is 12.1 Å². The normalized spacial score (nSPS) is 20.5.